The number of aliphatic carboxylic acids is 1. The second-order valence-corrected chi connectivity index (χ2v) is 3.26. The average molecular weight is 246 g/mol. The van der Waals surface area contributed by atoms with E-state index in [9.17, 15) is 13.2 Å². The average Bonchev–Trinajstić information content (AvgIpc) is 2.63. The molecule has 2 aromatic rings. The predicted octanol–water partition coefficient (Wildman–Crippen LogP) is 2.50. The van der Waals surface area contributed by atoms with Crippen molar-refractivity contribution in [2.24, 2.45) is 0 Å². The Kier molecular flexibility index (Phi) is 3.72. The minimum atomic E-state index is -5.08. The third-order valence-electron chi connectivity index (χ3n) is 1.84. The van der Waals surface area contributed by atoms with Crippen molar-refractivity contribution in [3.63, 3.8) is 0 Å². The number of nitrogens with one attached hydrogen (secondary N) is 1. The molecule has 7 heteroatoms. The molecular formula is C10H9F3N2O2. The van der Waals surface area contributed by atoms with Crippen molar-refractivity contribution in [2.75, 3.05) is 0 Å². The van der Waals surface area contributed by atoms with Crippen LogP contribution in [0.5, 0.6) is 0 Å². The number of aryl methyl sites for hydroxylation is 1. The minimum Gasteiger partial charge on any atom is -0.475 e. The lowest BCUT2D eigenvalue weighted by Gasteiger charge is -1.93. The van der Waals surface area contributed by atoms with Gasteiger partial charge in [0.1, 0.15) is 0 Å². The van der Waals surface area contributed by atoms with Crippen LogP contribution >= 0.6 is 0 Å². The van der Waals surface area contributed by atoms with Crippen molar-refractivity contribution in [2.45, 2.75) is 13.1 Å². The maximum atomic E-state index is 10.6. The van der Waals surface area contributed by atoms with Gasteiger partial charge in [-0.2, -0.15) is 18.3 Å². The second kappa shape index (κ2) is 4.86. The van der Waals surface area contributed by atoms with E-state index in [1.807, 2.05) is 6.20 Å². The molecule has 0 saturated carbocycles. The van der Waals surface area contributed by atoms with Crippen LogP contribution in [0.1, 0.15) is 5.56 Å². The predicted molar refractivity (Wildman–Crippen MR) is 54.5 cm³/mol. The van der Waals surface area contributed by atoms with E-state index >= 15 is 0 Å². The topological polar surface area (TPSA) is 66.0 Å². The van der Waals surface area contributed by atoms with Gasteiger partial charge in [0, 0.05) is 5.39 Å². The zero-order valence-electron chi connectivity index (χ0n) is 8.75. The Morgan fingerprint density at radius 1 is 1.41 bits per heavy atom. The number of rotatable bonds is 0. The van der Waals surface area contributed by atoms with Gasteiger partial charge in [-0.25, -0.2) is 4.79 Å². The van der Waals surface area contributed by atoms with Gasteiger partial charge >= 0.3 is 12.1 Å². The molecule has 0 radical (unpaired) electrons. The number of carbonyl (C=O) groups is 1. The fourth-order valence-corrected chi connectivity index (χ4v) is 1.05. The number of aromatic nitrogens is 2. The summed E-state index contributed by atoms with van der Waals surface area (Å²) >= 11 is 0. The molecule has 1 aromatic carbocycles. The number of benzene rings is 1. The van der Waals surface area contributed by atoms with Crippen molar-refractivity contribution in [1.82, 2.24) is 10.2 Å². The van der Waals surface area contributed by atoms with Crippen molar-refractivity contribution in [3.05, 3.63) is 30.0 Å². The monoisotopic (exact) mass is 246 g/mol. The van der Waals surface area contributed by atoms with Gasteiger partial charge in [0.15, 0.2) is 0 Å². The summed E-state index contributed by atoms with van der Waals surface area (Å²) in [6, 6.07) is 6.23. The van der Waals surface area contributed by atoms with E-state index in [2.05, 4.69) is 35.3 Å². The van der Waals surface area contributed by atoms with Crippen LogP contribution in [-0.4, -0.2) is 27.4 Å². The Morgan fingerprint density at radius 3 is 2.53 bits per heavy atom. The molecule has 0 spiro atoms. The quantitative estimate of drug-likeness (QED) is 0.750. The van der Waals surface area contributed by atoms with Crippen LogP contribution in [-0.2, 0) is 4.79 Å². The lowest BCUT2D eigenvalue weighted by Crippen LogP contribution is -2.21. The molecule has 2 N–H and O–H groups in total. The van der Waals surface area contributed by atoms with E-state index in [-0.39, 0.29) is 0 Å². The first-order valence-corrected chi connectivity index (χ1v) is 4.50. The largest absolute Gasteiger partial charge is 0.490 e. The van der Waals surface area contributed by atoms with Gasteiger partial charge in [0.2, 0.25) is 0 Å². The molecule has 0 unspecified atom stereocenters. The fraction of sp³-hybridized carbons (Fsp3) is 0.200. The van der Waals surface area contributed by atoms with E-state index in [4.69, 9.17) is 9.90 Å². The van der Waals surface area contributed by atoms with Crippen LogP contribution in [0, 0.1) is 6.92 Å². The molecule has 0 aliphatic carbocycles. The molecule has 0 saturated heterocycles. The van der Waals surface area contributed by atoms with Crippen LogP contribution in [0.25, 0.3) is 10.9 Å². The Morgan fingerprint density at radius 2 is 2.00 bits per heavy atom. The van der Waals surface area contributed by atoms with Gasteiger partial charge in [0.05, 0.1) is 11.7 Å². The van der Waals surface area contributed by atoms with Crippen LogP contribution < -0.4 is 0 Å². The Balaban J connectivity index is 0.000000185. The maximum Gasteiger partial charge on any atom is 0.490 e. The lowest BCUT2D eigenvalue weighted by atomic mass is 10.2. The van der Waals surface area contributed by atoms with Gasteiger partial charge < -0.3 is 5.11 Å². The van der Waals surface area contributed by atoms with Crippen molar-refractivity contribution >= 4 is 16.9 Å². The number of hydrogen-bond donors (Lipinski definition) is 2. The standard InChI is InChI=1S/C8H8N2.C2HF3O2/c1-6-2-3-7-5-9-10-8(7)4-6;3-2(4,5)1(6)7/h2-5H,1H3,(H,9,10);(H,6,7). The second-order valence-electron chi connectivity index (χ2n) is 3.26. The molecule has 1 heterocycles. The summed E-state index contributed by atoms with van der Waals surface area (Å²) in [5.74, 6) is -2.76. The first-order chi connectivity index (χ1) is 7.80. The molecule has 0 fully saturated rings. The van der Waals surface area contributed by atoms with Crippen molar-refractivity contribution in [1.29, 1.82) is 0 Å². The summed E-state index contributed by atoms with van der Waals surface area (Å²) < 4.78 is 31.7. The number of alkyl halides is 3. The third-order valence-corrected chi connectivity index (χ3v) is 1.84. The summed E-state index contributed by atoms with van der Waals surface area (Å²) in [6.07, 6.45) is -3.26. The number of nitrogens with zero attached hydrogens (tertiary/aromatic N) is 1. The van der Waals surface area contributed by atoms with Gasteiger partial charge in [-0.05, 0) is 18.6 Å². The number of halogens is 3. The Labute approximate surface area is 94.1 Å². The van der Waals surface area contributed by atoms with E-state index < -0.39 is 12.1 Å². The summed E-state index contributed by atoms with van der Waals surface area (Å²) in [7, 11) is 0. The Hall–Kier alpha value is -2.05. The number of fused-ring (bicyclic) bond motifs is 1. The highest BCUT2D eigenvalue weighted by molar-refractivity contribution is 5.78. The van der Waals surface area contributed by atoms with Crippen LogP contribution in [0.3, 0.4) is 0 Å². The smallest absolute Gasteiger partial charge is 0.475 e. The molecule has 0 bridgehead atoms. The van der Waals surface area contributed by atoms with Crippen LogP contribution in [0.15, 0.2) is 24.4 Å². The van der Waals surface area contributed by atoms with Gasteiger partial charge in [-0.15, -0.1) is 0 Å². The number of carboxylic acids is 1. The van der Waals surface area contributed by atoms with Crippen molar-refractivity contribution < 1.29 is 23.1 Å². The maximum absolute atomic E-state index is 10.6. The fourth-order valence-electron chi connectivity index (χ4n) is 1.05. The van der Waals surface area contributed by atoms with E-state index in [1.165, 1.54) is 10.9 Å². The molecule has 0 atom stereocenters. The first-order valence-electron chi connectivity index (χ1n) is 4.50. The molecule has 2 rings (SSSR count). The zero-order chi connectivity index (χ0) is 13.1. The van der Waals surface area contributed by atoms with E-state index in [1.54, 1.807) is 0 Å². The van der Waals surface area contributed by atoms with Crippen molar-refractivity contribution in [3.8, 4) is 0 Å². The summed E-state index contributed by atoms with van der Waals surface area (Å²) in [5, 5.41) is 15.1. The first kappa shape index (κ1) is 13.0. The molecule has 0 aliphatic heterocycles. The van der Waals surface area contributed by atoms with E-state index in [0.29, 0.717) is 0 Å². The van der Waals surface area contributed by atoms with Crippen LogP contribution in [0.4, 0.5) is 13.2 Å². The minimum absolute atomic E-state index is 1.11. The molecule has 0 amide bonds. The van der Waals surface area contributed by atoms with Gasteiger partial charge in [-0.1, -0.05) is 12.1 Å². The van der Waals surface area contributed by atoms with Gasteiger partial charge in [-0.3, -0.25) is 5.10 Å². The normalized spacial score (nSPS) is 10.8. The highest BCUT2D eigenvalue weighted by Gasteiger charge is 2.38. The summed E-state index contributed by atoms with van der Waals surface area (Å²) in [6.45, 7) is 2.07. The molecule has 0 aliphatic rings. The molecular weight excluding hydrogens is 237 g/mol. The Bertz CT molecular complexity index is 519. The number of H-pyrrole nitrogens is 1. The summed E-state index contributed by atoms with van der Waals surface area (Å²) in [4.78, 5) is 8.90. The number of aromatic amines is 1. The highest BCUT2D eigenvalue weighted by Crippen LogP contribution is 2.13. The number of carboxylic acid groups (broad SMARTS) is 1. The van der Waals surface area contributed by atoms with Gasteiger partial charge in [0.25, 0.3) is 0 Å². The molecule has 4 nitrogen and oxygen atoms in total. The molecule has 1 aromatic heterocycles. The zero-order valence-corrected chi connectivity index (χ0v) is 8.75. The lowest BCUT2D eigenvalue weighted by molar-refractivity contribution is -0.192. The third kappa shape index (κ3) is 3.78. The molecule has 92 valence electrons. The van der Waals surface area contributed by atoms with Crippen LogP contribution in [0.2, 0.25) is 0 Å². The highest BCUT2D eigenvalue weighted by atomic mass is 19.4. The van der Waals surface area contributed by atoms with E-state index in [0.717, 1.165) is 5.52 Å². The molecule has 17 heavy (non-hydrogen) atoms. The number of hydrogen-bond acceptors (Lipinski definition) is 2. The SMILES string of the molecule is Cc1ccc2cn[nH]c2c1.O=C(O)C(F)(F)F. The summed E-state index contributed by atoms with van der Waals surface area (Å²) in [5.41, 5.74) is 2.37.